The van der Waals surface area contributed by atoms with Gasteiger partial charge < -0.3 is 25.3 Å². The van der Waals surface area contributed by atoms with Gasteiger partial charge in [0.2, 0.25) is 18.1 Å². The van der Waals surface area contributed by atoms with Gasteiger partial charge in [-0.3, -0.25) is 9.59 Å². The van der Waals surface area contributed by atoms with E-state index in [2.05, 4.69) is 9.88 Å². The number of aliphatic hydroxyl groups is 1. The fraction of sp³-hybridized carbons (Fsp3) is 0.636. The molecule has 4 aliphatic rings. The fourth-order valence-corrected chi connectivity index (χ4v) is 7.20. The second-order valence-corrected chi connectivity index (χ2v) is 10.9. The van der Waals surface area contributed by atoms with Crippen molar-refractivity contribution in [2.75, 3.05) is 13.1 Å². The van der Waals surface area contributed by atoms with E-state index in [1.54, 1.807) is 6.92 Å². The predicted octanol–water partition coefficient (Wildman–Crippen LogP) is -0.728. The number of carbonyl (C=O) groups is 3. The molecule has 178 valence electrons. The minimum absolute atomic E-state index is 0.0380. The monoisotopic (exact) mass is 476 g/mol. The number of imidazole rings is 1. The van der Waals surface area contributed by atoms with Crippen molar-refractivity contribution in [3.63, 3.8) is 0 Å². The number of amides is 2. The average molecular weight is 477 g/mol. The highest BCUT2D eigenvalue weighted by atomic mass is 32.2. The summed E-state index contributed by atoms with van der Waals surface area (Å²) in [7, 11) is 1.97. The van der Waals surface area contributed by atoms with Crippen LogP contribution in [0.3, 0.4) is 0 Å². The quantitative estimate of drug-likeness (QED) is 0.379. The number of rotatable bonds is 5. The number of carbonyl (C=O) groups excluding carboxylic acids is 2. The smallest absolute Gasteiger partial charge is 0.353 e. The van der Waals surface area contributed by atoms with Crippen LogP contribution in [-0.4, -0.2) is 78.9 Å². The molecule has 2 saturated heterocycles. The van der Waals surface area contributed by atoms with Crippen molar-refractivity contribution in [1.82, 2.24) is 19.7 Å². The van der Waals surface area contributed by atoms with E-state index in [4.69, 9.17) is 0 Å². The van der Waals surface area contributed by atoms with Crippen LogP contribution in [-0.2, 0) is 34.5 Å². The summed E-state index contributed by atoms with van der Waals surface area (Å²) in [5, 5.41) is 23.2. The van der Waals surface area contributed by atoms with Crippen LogP contribution in [0.1, 0.15) is 26.0 Å². The Balaban J connectivity index is 1.26. The van der Waals surface area contributed by atoms with Crippen molar-refractivity contribution in [1.29, 1.82) is 0 Å². The number of carboxylic acids is 1. The molecule has 3 N–H and O–H groups in total. The molecule has 0 bridgehead atoms. The van der Waals surface area contributed by atoms with Gasteiger partial charge in [0.05, 0.1) is 44.2 Å². The lowest BCUT2D eigenvalue weighted by Gasteiger charge is -2.46. The van der Waals surface area contributed by atoms with E-state index in [-0.39, 0.29) is 40.8 Å². The molecule has 6 atom stereocenters. The highest BCUT2D eigenvalue weighted by molar-refractivity contribution is 8.03. The van der Waals surface area contributed by atoms with Crippen molar-refractivity contribution in [2.45, 2.75) is 56.8 Å². The van der Waals surface area contributed by atoms with Gasteiger partial charge in [0.25, 0.3) is 0 Å². The van der Waals surface area contributed by atoms with E-state index >= 15 is 0 Å². The van der Waals surface area contributed by atoms with Crippen molar-refractivity contribution in [3.05, 3.63) is 28.8 Å². The maximum Gasteiger partial charge on any atom is 0.353 e. The number of aryl methyl sites for hydroxylation is 1. The first-order chi connectivity index (χ1) is 15.7. The molecule has 0 aromatic carbocycles. The summed E-state index contributed by atoms with van der Waals surface area (Å²) in [4.78, 5) is 41.6. The maximum atomic E-state index is 13.2. The van der Waals surface area contributed by atoms with Crippen LogP contribution in [0.2, 0.25) is 0 Å². The SMILES string of the molecule is C[C@@H](O)[C@H]1C(=O)N2C(C(=O)O)=C(S[C@@H]3CN[C@H](C(=O)N4CCn5c[n+](C)cc5C4)C3)[C@H](C)[C@H]12. The summed E-state index contributed by atoms with van der Waals surface area (Å²) in [6, 6.07) is -0.615. The molecule has 2 fully saturated rings. The number of aromatic nitrogens is 2. The number of hydrogen-bond acceptors (Lipinski definition) is 6. The Morgan fingerprint density at radius 3 is 2.79 bits per heavy atom. The number of hydrogen-bond donors (Lipinski definition) is 3. The molecule has 0 spiro atoms. The largest absolute Gasteiger partial charge is 0.477 e. The molecule has 10 nitrogen and oxygen atoms in total. The Kier molecular flexibility index (Phi) is 5.53. The number of nitrogens with one attached hydrogen (secondary N) is 1. The first kappa shape index (κ1) is 22.4. The van der Waals surface area contributed by atoms with Gasteiger partial charge >= 0.3 is 5.97 Å². The predicted molar refractivity (Wildman–Crippen MR) is 118 cm³/mol. The van der Waals surface area contributed by atoms with Crippen LogP contribution >= 0.6 is 11.8 Å². The Morgan fingerprint density at radius 1 is 1.33 bits per heavy atom. The third kappa shape index (κ3) is 3.57. The zero-order valence-corrected chi connectivity index (χ0v) is 19.8. The molecule has 0 unspecified atom stereocenters. The van der Waals surface area contributed by atoms with Gasteiger partial charge in [-0.25, -0.2) is 13.9 Å². The van der Waals surface area contributed by atoms with Gasteiger partial charge in [0, 0.05) is 22.6 Å². The summed E-state index contributed by atoms with van der Waals surface area (Å²) in [6.45, 7) is 6.12. The molecular weight excluding hydrogens is 446 g/mol. The Bertz CT molecular complexity index is 1050. The van der Waals surface area contributed by atoms with Crippen LogP contribution in [0.4, 0.5) is 0 Å². The minimum atomic E-state index is -1.12. The number of aliphatic carboxylic acids is 1. The lowest BCUT2D eigenvalue weighted by atomic mass is 9.79. The third-order valence-electron chi connectivity index (χ3n) is 7.31. The normalized spacial score (nSPS) is 32.0. The zero-order valence-electron chi connectivity index (χ0n) is 19.0. The number of β-lactam (4-membered cyclic amide) rings is 1. The molecular formula is C22H30N5O5S+. The highest BCUT2D eigenvalue weighted by Crippen LogP contribution is 2.51. The second-order valence-electron chi connectivity index (χ2n) is 9.56. The van der Waals surface area contributed by atoms with Gasteiger partial charge in [-0.15, -0.1) is 11.8 Å². The molecule has 4 aliphatic heterocycles. The van der Waals surface area contributed by atoms with Crippen molar-refractivity contribution >= 4 is 29.5 Å². The van der Waals surface area contributed by atoms with Crippen LogP contribution in [0.15, 0.2) is 23.1 Å². The number of carboxylic acid groups (broad SMARTS) is 1. The van der Waals surface area contributed by atoms with Crippen molar-refractivity contribution < 1.29 is 29.2 Å². The average Bonchev–Trinajstić information content (AvgIpc) is 3.42. The molecule has 0 aliphatic carbocycles. The Hall–Kier alpha value is -2.37. The summed E-state index contributed by atoms with van der Waals surface area (Å²) in [6.07, 6.45) is 3.86. The fourth-order valence-electron chi connectivity index (χ4n) is 5.72. The second kappa shape index (κ2) is 8.14. The maximum absolute atomic E-state index is 13.2. The van der Waals surface area contributed by atoms with E-state index in [0.29, 0.717) is 31.0 Å². The molecule has 11 heteroatoms. The summed E-state index contributed by atoms with van der Waals surface area (Å²) < 4.78 is 4.16. The summed E-state index contributed by atoms with van der Waals surface area (Å²) in [5.74, 6) is -2.09. The van der Waals surface area contributed by atoms with Crippen LogP contribution < -0.4 is 9.88 Å². The number of thioether (sulfide) groups is 1. The minimum Gasteiger partial charge on any atom is -0.477 e. The molecule has 1 aromatic rings. The van der Waals surface area contributed by atoms with Crippen LogP contribution in [0.5, 0.6) is 0 Å². The first-order valence-electron chi connectivity index (χ1n) is 11.4. The molecule has 5 rings (SSSR count). The number of aliphatic hydroxyl groups excluding tert-OH is 1. The number of nitrogens with zero attached hydrogens (tertiary/aromatic N) is 4. The Labute approximate surface area is 196 Å². The zero-order chi connectivity index (χ0) is 23.6. The lowest BCUT2D eigenvalue weighted by molar-refractivity contribution is -0.671. The summed E-state index contributed by atoms with van der Waals surface area (Å²) in [5.41, 5.74) is 1.15. The van der Waals surface area contributed by atoms with E-state index in [1.807, 2.05) is 36.0 Å². The lowest BCUT2D eigenvalue weighted by Crippen LogP contribution is -2.63. The van der Waals surface area contributed by atoms with Crippen LogP contribution in [0.25, 0.3) is 0 Å². The molecule has 2 amide bonds. The molecule has 0 saturated carbocycles. The van der Waals surface area contributed by atoms with Gasteiger partial charge in [0.1, 0.15) is 18.4 Å². The highest BCUT2D eigenvalue weighted by Gasteiger charge is 2.60. The molecule has 5 heterocycles. The van der Waals surface area contributed by atoms with E-state index < -0.39 is 18.0 Å². The van der Waals surface area contributed by atoms with Crippen LogP contribution in [0, 0.1) is 11.8 Å². The molecule has 0 radical (unpaired) electrons. The van der Waals surface area contributed by atoms with Gasteiger partial charge in [-0.1, -0.05) is 6.92 Å². The molecule has 33 heavy (non-hydrogen) atoms. The molecule has 1 aromatic heterocycles. The van der Waals surface area contributed by atoms with Gasteiger partial charge in [-0.2, -0.15) is 0 Å². The van der Waals surface area contributed by atoms with E-state index in [1.165, 1.54) is 16.7 Å². The topological polar surface area (TPSA) is 119 Å². The van der Waals surface area contributed by atoms with Gasteiger partial charge in [0.15, 0.2) is 5.69 Å². The van der Waals surface area contributed by atoms with Gasteiger partial charge in [-0.05, 0) is 13.3 Å². The third-order valence-corrected chi connectivity index (χ3v) is 8.82. The standard InChI is InChI=1S/C22H29N5O5S/c1-11-17-16(12(2)28)21(30)27(17)18(22(31)32)19(11)33-14-6-15(23-7-14)20(29)25-4-5-26-10-24(3)8-13(26)9-25/h8,10-12,14-17,23,28H,4-7,9H2,1-3H3/p+1/t11-,12-,14+,15+,16-,17-/m1/s1. The van der Waals surface area contributed by atoms with Crippen molar-refractivity contribution in [2.24, 2.45) is 18.9 Å². The van der Waals surface area contributed by atoms with Crippen molar-refractivity contribution in [3.8, 4) is 0 Å². The number of fused-ring (bicyclic) bond motifs is 2. The first-order valence-corrected chi connectivity index (χ1v) is 12.3. The Morgan fingerprint density at radius 2 is 2.09 bits per heavy atom. The summed E-state index contributed by atoms with van der Waals surface area (Å²) >= 11 is 1.46. The van der Waals surface area contributed by atoms with E-state index in [9.17, 15) is 24.6 Å². The van der Waals surface area contributed by atoms with E-state index in [0.717, 1.165) is 12.2 Å².